The molecule has 5 N–H and O–H groups in total. The van der Waals surface area contributed by atoms with Gasteiger partial charge in [-0.05, 0) is 270 Å². The van der Waals surface area contributed by atoms with Crippen LogP contribution in [0.5, 0.6) is 11.5 Å². The summed E-state index contributed by atoms with van der Waals surface area (Å²) in [6.45, 7) is 1.35. The van der Waals surface area contributed by atoms with Crippen LogP contribution in [0.2, 0.25) is 5.02 Å². The van der Waals surface area contributed by atoms with Crippen molar-refractivity contribution in [1.82, 2.24) is 75.5 Å². The van der Waals surface area contributed by atoms with Crippen molar-refractivity contribution in [3.8, 4) is 39.9 Å². The highest BCUT2D eigenvalue weighted by Gasteiger charge is 2.34. The number of carbonyl (C=O) groups excluding carboxylic acids is 5. The quantitative estimate of drug-likeness (QED) is 0.0374. The van der Waals surface area contributed by atoms with E-state index in [9.17, 15) is 63.5 Å². The van der Waals surface area contributed by atoms with Crippen LogP contribution in [0.3, 0.4) is 0 Å². The number of benzene rings is 15. The molecule has 0 bridgehead atoms. The second-order valence-electron chi connectivity index (χ2n) is 32.6. The normalized spacial score (nSPS) is 11.0. The van der Waals surface area contributed by atoms with Gasteiger partial charge in [-0.15, -0.1) is 0 Å². The Morgan fingerprint density at radius 3 is 0.882 bits per heavy atom. The van der Waals surface area contributed by atoms with E-state index in [0.717, 1.165) is 93.8 Å². The minimum Gasteiger partial charge on any atom is -0.497 e. The maximum Gasteiger partial charge on any atom is 0.419 e. The maximum absolute atomic E-state index is 13.4. The molecule has 23 nitrogen and oxygen atoms in total. The van der Waals surface area contributed by atoms with Crippen LogP contribution in [0.1, 0.15) is 85.2 Å². The molecule has 0 unspecified atom stereocenters. The molecule has 0 fully saturated rings. The molecule has 0 spiro atoms. The lowest BCUT2D eigenvalue weighted by atomic mass is 10.1. The average Bonchev–Trinajstić information content (AvgIpc) is 1.64. The van der Waals surface area contributed by atoms with Crippen LogP contribution in [0.4, 0.5) is 45.2 Å². The molecule has 5 amide bonds. The van der Waals surface area contributed by atoms with Gasteiger partial charge in [0.15, 0.2) is 0 Å². The van der Waals surface area contributed by atoms with Crippen LogP contribution in [-0.4, -0.2) is 107 Å². The molecule has 724 valence electrons. The summed E-state index contributed by atoms with van der Waals surface area (Å²) in [5.41, 5.74) is 13.3. The van der Waals surface area contributed by atoms with Gasteiger partial charge in [0.1, 0.15) is 46.4 Å². The summed E-state index contributed by atoms with van der Waals surface area (Å²) in [4.78, 5) is 65.8. The highest BCUT2D eigenvalue weighted by Crippen LogP contribution is 2.35. The maximum atomic E-state index is 13.4. The number of nitrogens with zero attached hydrogens (tertiary/aromatic N) is 11. The van der Waals surface area contributed by atoms with E-state index in [2.05, 4.69) is 68.0 Å². The predicted molar refractivity (Wildman–Crippen MR) is 538 cm³/mol. The van der Waals surface area contributed by atoms with Crippen molar-refractivity contribution >= 4 is 117 Å². The molecule has 5 aromatic heterocycles. The third-order valence-corrected chi connectivity index (χ3v) is 23.7. The molecular formula is C110H85BrClF9N16O7. The number of aromatic nitrogens is 10. The van der Waals surface area contributed by atoms with E-state index in [0.29, 0.717) is 98.7 Å². The minimum absolute atomic E-state index is 0.108. The third-order valence-electron chi connectivity index (χ3n) is 22.9. The fraction of sp³-hybridized carbons (Fsp3) is 0.0909. The smallest absolute Gasteiger partial charge is 0.419 e. The van der Waals surface area contributed by atoms with Gasteiger partial charge in [0.2, 0.25) is 0 Å². The number of methoxy groups -OCH3 is 2. The molecule has 0 saturated heterocycles. The Morgan fingerprint density at radius 2 is 0.590 bits per heavy atom. The Kier molecular flexibility index (Phi) is 31.3. The van der Waals surface area contributed by atoms with Crippen LogP contribution in [0.25, 0.3) is 83.0 Å². The van der Waals surface area contributed by atoms with Crippen LogP contribution in [-0.2, 0) is 38.9 Å². The lowest BCUT2D eigenvalue weighted by molar-refractivity contribution is -0.140. The number of rotatable bonds is 23. The van der Waals surface area contributed by atoms with Gasteiger partial charge >= 0.3 is 6.18 Å². The zero-order valence-electron chi connectivity index (χ0n) is 77.0. The van der Waals surface area contributed by atoms with E-state index < -0.39 is 29.3 Å². The zero-order chi connectivity index (χ0) is 101. The van der Waals surface area contributed by atoms with Crippen LogP contribution in [0.15, 0.2) is 357 Å². The van der Waals surface area contributed by atoms with Gasteiger partial charge in [0, 0.05) is 95.0 Å². The Morgan fingerprint density at radius 1 is 0.319 bits per heavy atom. The summed E-state index contributed by atoms with van der Waals surface area (Å²) >= 11 is 9.38. The van der Waals surface area contributed by atoms with Gasteiger partial charge in [0.25, 0.3) is 29.5 Å². The fourth-order valence-electron chi connectivity index (χ4n) is 15.6. The highest BCUT2D eigenvalue weighted by molar-refractivity contribution is 9.10. The number of alkyl halides is 3. The topological polar surface area (TPSA) is 256 Å². The number of anilines is 1. The molecule has 15 aromatic carbocycles. The molecule has 0 radical (unpaired) electrons. The first-order chi connectivity index (χ1) is 69.6. The SMILES string of the molecule is CN(C)c1cccc(CNC(=O)c2cccc3c2cnn3-c2ccc(F)cc2)c1.COc1cc(CNC(=O)c2cccc3c2cnn3-c2ccc(F)cc2)cc(OC)c1.O=C(NCc1ccc(Br)cc1)c1cccc2c1cnn2-c1ccc(F)cc1.O=C(NCc1ccc(F)c(C(F)(F)F)c1)c1cccc2c1cnn2-c1ccc(F)cc1.O=C(NCc1cccc(Cl)c1)c1cccc2c1cnn2-c1ccc(F)cc1. The molecule has 0 aliphatic rings. The van der Waals surface area contributed by atoms with Crippen molar-refractivity contribution in [2.45, 2.75) is 38.9 Å². The average molecular weight is 2030 g/mol. The number of halogens is 11. The van der Waals surface area contributed by atoms with E-state index in [1.807, 2.05) is 134 Å². The van der Waals surface area contributed by atoms with Crippen molar-refractivity contribution in [2.24, 2.45) is 0 Å². The van der Waals surface area contributed by atoms with Crippen molar-refractivity contribution in [3.05, 3.63) is 458 Å². The Labute approximate surface area is 830 Å². The summed E-state index contributed by atoms with van der Waals surface area (Å²) in [5.74, 6) is -2.96. The number of hydrogen-bond donors (Lipinski definition) is 5. The largest absolute Gasteiger partial charge is 0.497 e. The molecule has 0 saturated carbocycles. The predicted octanol–water partition coefficient (Wildman–Crippen LogP) is 23.1. The number of hydrogen-bond acceptors (Lipinski definition) is 13. The van der Waals surface area contributed by atoms with Crippen molar-refractivity contribution in [2.75, 3.05) is 33.2 Å². The van der Waals surface area contributed by atoms with E-state index in [-0.39, 0.29) is 64.6 Å². The fourth-order valence-corrected chi connectivity index (χ4v) is 16.1. The van der Waals surface area contributed by atoms with E-state index >= 15 is 0 Å². The molecule has 0 atom stereocenters. The number of carbonyl (C=O) groups is 5. The lowest BCUT2D eigenvalue weighted by Gasteiger charge is -2.14. The van der Waals surface area contributed by atoms with Crippen molar-refractivity contribution in [1.29, 1.82) is 0 Å². The minimum atomic E-state index is -4.83. The zero-order valence-corrected chi connectivity index (χ0v) is 79.3. The molecule has 20 rings (SSSR count). The Balaban J connectivity index is 0.000000129. The number of amides is 5. The molecule has 0 aliphatic carbocycles. The Bertz CT molecular complexity index is 8020. The van der Waals surface area contributed by atoms with E-state index in [1.54, 1.807) is 190 Å². The summed E-state index contributed by atoms with van der Waals surface area (Å²) in [6, 6.07) is 87.9. The second-order valence-corrected chi connectivity index (χ2v) is 34.0. The standard InChI is InChI=1S/C23H21FN4O.C23H20FN3O3.C22H14F5N3O.C21H15BrFN3O.C21H15ClFN3O/c1-27(2)19-6-3-5-16(13-19)14-25-23(29)20-7-4-8-22-21(20)15-26-28(22)18-11-9-17(24)10-12-18;1-29-18-10-15(11-19(12-18)30-2)13-25-23(28)20-4-3-5-22-21(20)14-26-27(22)17-8-6-16(24)7-9-17;23-14-5-7-15(8-6-14)30-20-3-1-2-16(17(20)12-29-30)21(31)28-11-13-4-9-19(24)18(10-13)22(25,26)27;22-15-6-4-14(5-7-15)12-24-21(27)18-2-1-3-20-19(18)13-25-26(20)17-10-8-16(23)9-11-17;22-15-4-1-3-14(11-15)12-24-21(27)18-5-2-6-20-19(18)13-25-26(20)17-9-7-16(23)8-10-17/h3-13,15H,14H2,1-2H3,(H,25,29);3-12,14H,13H2,1-2H3,(H,25,28);1-10,12H,11H2,(H,28,31);2*1-11,13H,12H2,(H,24,27). The molecule has 5 heterocycles. The van der Waals surface area contributed by atoms with Gasteiger partial charge in [-0.1, -0.05) is 100 Å². The van der Waals surface area contributed by atoms with Crippen LogP contribution < -0.4 is 41.0 Å². The van der Waals surface area contributed by atoms with E-state index in [4.69, 9.17) is 21.1 Å². The van der Waals surface area contributed by atoms with Gasteiger partial charge in [-0.25, -0.2) is 49.8 Å². The monoisotopic (exact) mass is 2030 g/mol. The van der Waals surface area contributed by atoms with Gasteiger partial charge in [0.05, 0.1) is 135 Å². The second kappa shape index (κ2) is 45.2. The highest BCUT2D eigenvalue weighted by atomic mass is 79.9. The van der Waals surface area contributed by atoms with Gasteiger partial charge in [-0.3, -0.25) is 24.0 Å². The van der Waals surface area contributed by atoms with E-state index in [1.165, 1.54) is 72.9 Å². The summed E-state index contributed by atoms with van der Waals surface area (Å²) in [7, 11) is 7.13. The van der Waals surface area contributed by atoms with Gasteiger partial charge < -0.3 is 41.0 Å². The van der Waals surface area contributed by atoms with Crippen molar-refractivity contribution < 1.29 is 73.0 Å². The summed E-state index contributed by atoms with van der Waals surface area (Å²) < 4.78 is 138. The lowest BCUT2D eigenvalue weighted by Crippen LogP contribution is -2.23. The van der Waals surface area contributed by atoms with Gasteiger partial charge in [-0.2, -0.15) is 38.7 Å². The molecule has 0 aliphatic heterocycles. The molecule has 144 heavy (non-hydrogen) atoms. The number of ether oxygens (including phenoxy) is 2. The molecular weight excluding hydrogens is 1940 g/mol. The van der Waals surface area contributed by atoms with Crippen molar-refractivity contribution in [3.63, 3.8) is 0 Å². The Hall–Kier alpha value is -17.5. The number of fused-ring (bicyclic) bond motifs is 5. The first-order valence-electron chi connectivity index (χ1n) is 44.5. The van der Waals surface area contributed by atoms with Crippen LogP contribution >= 0.6 is 27.5 Å². The summed E-state index contributed by atoms with van der Waals surface area (Å²) in [5, 5.41) is 40.2. The summed E-state index contributed by atoms with van der Waals surface area (Å²) in [6.07, 6.45) is 3.26. The first kappa shape index (κ1) is 99.5. The third kappa shape index (κ3) is 24.0. The molecule has 34 heteroatoms. The first-order valence-corrected chi connectivity index (χ1v) is 45.6. The van der Waals surface area contributed by atoms with Crippen LogP contribution in [0, 0.1) is 34.9 Å². The molecule has 20 aromatic rings. The number of nitrogens with one attached hydrogen (secondary N) is 5.